The van der Waals surface area contributed by atoms with E-state index in [0.29, 0.717) is 11.1 Å². The first-order valence-corrected chi connectivity index (χ1v) is 10.4. The van der Waals surface area contributed by atoms with Crippen LogP contribution >= 0.6 is 0 Å². The van der Waals surface area contributed by atoms with Crippen LogP contribution in [0.25, 0.3) is 17.0 Å². The number of hydrogen-bond donors (Lipinski definition) is 2. The maximum atomic E-state index is 12.3. The number of carbonyl (C=O) groups excluding carboxylic acids is 2. The lowest BCUT2D eigenvalue weighted by atomic mass is 10.1. The van der Waals surface area contributed by atoms with Crippen LogP contribution in [0.5, 0.6) is 0 Å². The maximum Gasteiger partial charge on any atom is 0.324 e. The number of rotatable bonds is 8. The molecule has 7 nitrogen and oxygen atoms in total. The number of ketones is 1. The normalized spacial score (nSPS) is 12.9. The minimum Gasteiger partial charge on any atom is -0.456 e. The third-order valence-corrected chi connectivity index (χ3v) is 5.35. The van der Waals surface area contributed by atoms with Crippen LogP contribution in [0.1, 0.15) is 22.8 Å². The first kappa shape index (κ1) is 20.5. The fourth-order valence-electron chi connectivity index (χ4n) is 2.71. The second kappa shape index (κ2) is 8.85. The quantitative estimate of drug-likeness (QED) is 0.437. The monoisotopic (exact) mass is 412 g/mol. The van der Waals surface area contributed by atoms with Gasteiger partial charge in [0.2, 0.25) is 15.8 Å². The lowest BCUT2D eigenvalue weighted by Gasteiger charge is -2.11. The molecular formula is C21H20N2O5S. The minimum atomic E-state index is -3.86. The van der Waals surface area contributed by atoms with Gasteiger partial charge in [-0.3, -0.25) is 9.59 Å². The number of benzene rings is 2. The van der Waals surface area contributed by atoms with Crippen LogP contribution in [-0.2, 0) is 19.6 Å². The van der Waals surface area contributed by atoms with E-state index < -0.39 is 28.6 Å². The van der Waals surface area contributed by atoms with Gasteiger partial charge in [0, 0.05) is 28.1 Å². The van der Waals surface area contributed by atoms with Crippen molar-refractivity contribution in [1.29, 1.82) is 0 Å². The first-order valence-electron chi connectivity index (χ1n) is 8.87. The fraction of sp³-hybridized carbons (Fsp3) is 0.143. The van der Waals surface area contributed by atoms with Gasteiger partial charge in [0.1, 0.15) is 6.04 Å². The van der Waals surface area contributed by atoms with Crippen LogP contribution in [0.15, 0.2) is 66.2 Å². The van der Waals surface area contributed by atoms with Crippen LogP contribution in [0.4, 0.5) is 0 Å². The summed E-state index contributed by atoms with van der Waals surface area (Å²) in [5, 5.41) is 1.71. The zero-order valence-corrected chi connectivity index (χ0v) is 16.5. The Bertz CT molecular complexity index is 1150. The number of Topliss-reactive ketones (excluding diaryl/α,β-unsaturated/α-hetero) is 1. The van der Waals surface area contributed by atoms with Gasteiger partial charge in [-0.25, -0.2) is 8.42 Å². The van der Waals surface area contributed by atoms with E-state index in [0.717, 1.165) is 16.3 Å². The second-order valence-electron chi connectivity index (χ2n) is 6.38. The summed E-state index contributed by atoms with van der Waals surface area (Å²) >= 11 is 0. The SMILES string of the molecule is C[C@H](NS(=O)(=O)/C=C/c1ccccc1)C(=O)OCC(=O)c1c[nH]c2ccccc12. The summed E-state index contributed by atoms with van der Waals surface area (Å²) in [7, 11) is -3.86. The van der Waals surface area contributed by atoms with Crippen LogP contribution in [0.3, 0.4) is 0 Å². The van der Waals surface area contributed by atoms with Crippen LogP contribution < -0.4 is 4.72 Å². The van der Waals surface area contributed by atoms with Gasteiger partial charge in [0.25, 0.3) is 0 Å². The summed E-state index contributed by atoms with van der Waals surface area (Å²) in [5.41, 5.74) is 1.92. The number of esters is 1. The molecule has 0 aliphatic heterocycles. The Balaban J connectivity index is 1.56. The molecule has 3 rings (SSSR count). The highest BCUT2D eigenvalue weighted by atomic mass is 32.2. The molecule has 0 fully saturated rings. The Hall–Kier alpha value is -3.23. The topological polar surface area (TPSA) is 105 Å². The van der Waals surface area contributed by atoms with Crippen molar-refractivity contribution < 1.29 is 22.7 Å². The molecule has 1 heterocycles. The summed E-state index contributed by atoms with van der Waals surface area (Å²) in [5.74, 6) is -1.22. The van der Waals surface area contributed by atoms with E-state index in [1.54, 1.807) is 42.6 Å². The number of hydrogen-bond acceptors (Lipinski definition) is 5. The van der Waals surface area contributed by atoms with Gasteiger partial charge < -0.3 is 9.72 Å². The highest BCUT2D eigenvalue weighted by Crippen LogP contribution is 2.18. The molecule has 29 heavy (non-hydrogen) atoms. The number of sulfonamides is 1. The van der Waals surface area contributed by atoms with Crippen LogP contribution in [-0.4, -0.2) is 37.8 Å². The molecule has 2 N–H and O–H groups in total. The van der Waals surface area contributed by atoms with Crippen LogP contribution in [0, 0.1) is 0 Å². The molecule has 1 aromatic heterocycles. The van der Waals surface area contributed by atoms with E-state index in [1.165, 1.54) is 13.0 Å². The van der Waals surface area contributed by atoms with E-state index >= 15 is 0 Å². The molecule has 0 saturated heterocycles. The van der Waals surface area contributed by atoms with Gasteiger partial charge in [-0.15, -0.1) is 0 Å². The van der Waals surface area contributed by atoms with Crippen molar-refractivity contribution in [3.63, 3.8) is 0 Å². The van der Waals surface area contributed by atoms with Gasteiger partial charge in [-0.2, -0.15) is 4.72 Å². The Morgan fingerprint density at radius 3 is 2.55 bits per heavy atom. The molecular weight excluding hydrogens is 392 g/mol. The summed E-state index contributed by atoms with van der Waals surface area (Å²) in [6.07, 6.45) is 2.97. The standard InChI is InChI=1S/C21H20N2O5S/c1-15(23-29(26,27)12-11-16-7-3-2-4-8-16)21(25)28-14-20(24)18-13-22-19-10-6-5-9-17(18)19/h2-13,15,22-23H,14H2,1H3/b12-11+/t15-/m0/s1. The third-order valence-electron chi connectivity index (χ3n) is 4.17. The molecule has 3 aromatic rings. The summed E-state index contributed by atoms with van der Waals surface area (Å²) < 4.78 is 31.4. The number of aromatic amines is 1. The van der Waals surface area contributed by atoms with Gasteiger partial charge in [-0.05, 0) is 24.6 Å². The first-order chi connectivity index (χ1) is 13.9. The number of nitrogens with one attached hydrogen (secondary N) is 2. The Morgan fingerprint density at radius 2 is 1.79 bits per heavy atom. The van der Waals surface area contributed by atoms with Gasteiger partial charge >= 0.3 is 5.97 Å². The molecule has 1 atom stereocenters. The minimum absolute atomic E-state index is 0.380. The zero-order valence-electron chi connectivity index (χ0n) is 15.7. The summed E-state index contributed by atoms with van der Waals surface area (Å²) in [4.78, 5) is 27.4. The molecule has 0 unspecified atom stereocenters. The van der Waals surface area contributed by atoms with Gasteiger partial charge in [0.15, 0.2) is 6.61 Å². The van der Waals surface area contributed by atoms with Crippen molar-refractivity contribution in [2.45, 2.75) is 13.0 Å². The highest BCUT2D eigenvalue weighted by molar-refractivity contribution is 7.92. The highest BCUT2D eigenvalue weighted by Gasteiger charge is 2.21. The lowest BCUT2D eigenvalue weighted by Crippen LogP contribution is -2.39. The molecule has 0 saturated carbocycles. The van der Waals surface area contributed by atoms with E-state index in [-0.39, 0.29) is 5.78 Å². The zero-order chi connectivity index (χ0) is 20.9. The number of fused-ring (bicyclic) bond motifs is 1. The summed E-state index contributed by atoms with van der Waals surface area (Å²) in [6.45, 7) is 0.874. The van der Waals surface area contributed by atoms with E-state index in [2.05, 4.69) is 9.71 Å². The molecule has 0 aliphatic rings. The molecule has 0 bridgehead atoms. The average molecular weight is 412 g/mol. The molecule has 150 valence electrons. The van der Waals surface area contributed by atoms with Gasteiger partial charge in [0.05, 0.1) is 0 Å². The molecule has 0 aliphatic carbocycles. The number of aromatic nitrogens is 1. The number of para-hydroxylation sites is 1. The Labute approximate surface area is 168 Å². The lowest BCUT2D eigenvalue weighted by molar-refractivity contribution is -0.144. The summed E-state index contributed by atoms with van der Waals surface area (Å²) in [6, 6.07) is 15.0. The van der Waals surface area contributed by atoms with Crippen molar-refractivity contribution in [1.82, 2.24) is 9.71 Å². The predicted molar refractivity (Wildman–Crippen MR) is 111 cm³/mol. The molecule has 8 heteroatoms. The van der Waals surface area contributed by atoms with Crippen molar-refractivity contribution in [3.05, 3.63) is 77.3 Å². The third kappa shape index (κ3) is 5.40. The van der Waals surface area contributed by atoms with E-state index in [1.807, 2.05) is 18.2 Å². The largest absolute Gasteiger partial charge is 0.456 e. The Kier molecular flexibility index (Phi) is 6.26. The predicted octanol–water partition coefficient (Wildman–Crippen LogP) is 2.87. The fourth-order valence-corrected chi connectivity index (χ4v) is 3.71. The van der Waals surface area contributed by atoms with E-state index in [4.69, 9.17) is 4.74 Å². The molecule has 2 aromatic carbocycles. The van der Waals surface area contributed by atoms with Crippen LogP contribution in [0.2, 0.25) is 0 Å². The van der Waals surface area contributed by atoms with Gasteiger partial charge in [-0.1, -0.05) is 48.5 Å². The van der Waals surface area contributed by atoms with Crippen molar-refractivity contribution >= 4 is 38.8 Å². The number of ether oxygens (including phenoxy) is 1. The molecule has 0 radical (unpaired) electrons. The van der Waals surface area contributed by atoms with Crippen molar-refractivity contribution in [2.24, 2.45) is 0 Å². The van der Waals surface area contributed by atoms with Crippen molar-refractivity contribution in [3.8, 4) is 0 Å². The second-order valence-corrected chi connectivity index (χ2v) is 7.97. The number of H-pyrrole nitrogens is 1. The van der Waals surface area contributed by atoms with E-state index in [9.17, 15) is 18.0 Å². The number of carbonyl (C=O) groups is 2. The Morgan fingerprint density at radius 1 is 1.10 bits per heavy atom. The molecule has 0 amide bonds. The maximum absolute atomic E-state index is 12.3. The van der Waals surface area contributed by atoms with Crippen molar-refractivity contribution in [2.75, 3.05) is 6.61 Å². The smallest absolute Gasteiger partial charge is 0.324 e. The average Bonchev–Trinajstić information content (AvgIpc) is 3.15. The molecule has 0 spiro atoms.